The first-order valence-corrected chi connectivity index (χ1v) is 8.53. The molecule has 1 aliphatic rings. The van der Waals surface area contributed by atoms with Crippen LogP contribution in [0.1, 0.15) is 18.4 Å². The monoisotopic (exact) mass is 319 g/mol. The van der Waals surface area contributed by atoms with Crippen LogP contribution >= 0.6 is 0 Å². The highest BCUT2D eigenvalue weighted by atomic mass is 16.5. The predicted octanol–water partition coefficient (Wildman–Crippen LogP) is 1.25. The van der Waals surface area contributed by atoms with Gasteiger partial charge in [-0.3, -0.25) is 9.69 Å². The predicted molar refractivity (Wildman–Crippen MR) is 92.2 cm³/mol. The van der Waals surface area contributed by atoms with Crippen molar-refractivity contribution in [2.24, 2.45) is 5.92 Å². The van der Waals surface area contributed by atoms with Crippen molar-refractivity contribution in [2.45, 2.75) is 19.4 Å². The molecule has 0 saturated carbocycles. The number of hydrogen-bond acceptors (Lipinski definition) is 4. The van der Waals surface area contributed by atoms with Crippen LogP contribution < -0.4 is 10.6 Å². The standard InChI is InChI=1S/C18H29N3O2/c1-23-13-11-19-9-10-20-18(22)17-8-5-12-21(15-17)14-16-6-3-2-4-7-16/h2-4,6-7,17,19H,5,8-15H2,1H3,(H,20,22). The molecule has 2 rings (SSSR count). The van der Waals surface area contributed by atoms with E-state index >= 15 is 0 Å². The molecule has 1 heterocycles. The summed E-state index contributed by atoms with van der Waals surface area (Å²) in [6.07, 6.45) is 2.09. The molecule has 1 aliphatic heterocycles. The first-order valence-electron chi connectivity index (χ1n) is 8.53. The molecule has 1 amide bonds. The first kappa shape index (κ1) is 17.9. The minimum absolute atomic E-state index is 0.117. The molecule has 1 atom stereocenters. The molecule has 0 radical (unpaired) electrons. The lowest BCUT2D eigenvalue weighted by Gasteiger charge is -2.32. The Balaban J connectivity index is 1.67. The Labute approximate surface area is 139 Å². The summed E-state index contributed by atoms with van der Waals surface area (Å²) in [6.45, 7) is 5.86. The van der Waals surface area contributed by atoms with E-state index in [0.717, 1.165) is 45.6 Å². The molecule has 2 N–H and O–H groups in total. The summed E-state index contributed by atoms with van der Waals surface area (Å²) in [4.78, 5) is 14.7. The number of piperidine rings is 1. The quantitative estimate of drug-likeness (QED) is 0.673. The zero-order valence-electron chi connectivity index (χ0n) is 14.1. The molecule has 128 valence electrons. The van der Waals surface area contributed by atoms with Crippen molar-refractivity contribution in [2.75, 3.05) is 46.4 Å². The van der Waals surface area contributed by atoms with Gasteiger partial charge in [-0.05, 0) is 24.9 Å². The van der Waals surface area contributed by atoms with Crippen LogP contribution in [0, 0.1) is 5.92 Å². The van der Waals surface area contributed by atoms with Crippen LogP contribution in [0.3, 0.4) is 0 Å². The van der Waals surface area contributed by atoms with Crippen LogP contribution in [0.4, 0.5) is 0 Å². The molecule has 0 aromatic heterocycles. The summed E-state index contributed by atoms with van der Waals surface area (Å²) in [5, 5.41) is 6.28. The second kappa shape index (κ2) is 10.4. The lowest BCUT2D eigenvalue weighted by atomic mass is 9.96. The van der Waals surface area contributed by atoms with Gasteiger partial charge in [-0.1, -0.05) is 30.3 Å². The summed E-state index contributed by atoms with van der Waals surface area (Å²) < 4.78 is 4.97. The number of nitrogens with one attached hydrogen (secondary N) is 2. The average molecular weight is 319 g/mol. The number of benzene rings is 1. The van der Waals surface area contributed by atoms with E-state index in [0.29, 0.717) is 13.2 Å². The highest BCUT2D eigenvalue weighted by Crippen LogP contribution is 2.18. The molecule has 1 unspecified atom stereocenters. The first-order chi connectivity index (χ1) is 11.3. The number of rotatable bonds is 9. The van der Waals surface area contributed by atoms with Crippen molar-refractivity contribution < 1.29 is 9.53 Å². The Hall–Kier alpha value is -1.43. The fraction of sp³-hybridized carbons (Fsp3) is 0.611. The molecule has 1 aromatic rings. The van der Waals surface area contributed by atoms with Crippen molar-refractivity contribution in [3.8, 4) is 0 Å². The van der Waals surface area contributed by atoms with Gasteiger partial charge in [0.15, 0.2) is 0 Å². The van der Waals surface area contributed by atoms with Gasteiger partial charge in [-0.15, -0.1) is 0 Å². The Morgan fingerprint density at radius 2 is 2.09 bits per heavy atom. The molecule has 1 saturated heterocycles. The molecular weight excluding hydrogens is 290 g/mol. The highest BCUT2D eigenvalue weighted by molar-refractivity contribution is 5.78. The minimum Gasteiger partial charge on any atom is -0.383 e. The minimum atomic E-state index is 0.117. The maximum Gasteiger partial charge on any atom is 0.224 e. The van der Waals surface area contributed by atoms with E-state index in [-0.39, 0.29) is 11.8 Å². The number of carbonyl (C=O) groups excluding carboxylic acids is 1. The SMILES string of the molecule is COCCNCCNC(=O)C1CCCN(Cc2ccccc2)C1. The van der Waals surface area contributed by atoms with E-state index < -0.39 is 0 Å². The molecule has 5 heteroatoms. The van der Waals surface area contributed by atoms with Gasteiger partial charge in [0.1, 0.15) is 0 Å². The zero-order chi connectivity index (χ0) is 16.3. The van der Waals surface area contributed by atoms with Gasteiger partial charge in [0, 0.05) is 39.8 Å². The molecule has 0 spiro atoms. The van der Waals surface area contributed by atoms with Crippen LogP contribution in [-0.4, -0.2) is 57.2 Å². The molecule has 0 bridgehead atoms. The molecule has 1 fully saturated rings. The van der Waals surface area contributed by atoms with Gasteiger partial charge in [-0.2, -0.15) is 0 Å². The maximum atomic E-state index is 12.3. The lowest BCUT2D eigenvalue weighted by Crippen LogP contribution is -2.44. The third-order valence-electron chi connectivity index (χ3n) is 4.21. The van der Waals surface area contributed by atoms with Crippen LogP contribution in [-0.2, 0) is 16.1 Å². The van der Waals surface area contributed by atoms with Gasteiger partial charge in [0.2, 0.25) is 5.91 Å². The van der Waals surface area contributed by atoms with Crippen molar-refractivity contribution >= 4 is 5.91 Å². The second-order valence-electron chi connectivity index (χ2n) is 6.09. The van der Waals surface area contributed by atoms with Gasteiger partial charge >= 0.3 is 0 Å². The van der Waals surface area contributed by atoms with Gasteiger partial charge in [-0.25, -0.2) is 0 Å². The fourth-order valence-corrected chi connectivity index (χ4v) is 2.97. The van der Waals surface area contributed by atoms with E-state index in [1.165, 1.54) is 5.56 Å². The number of amides is 1. The maximum absolute atomic E-state index is 12.3. The molecular formula is C18H29N3O2. The van der Waals surface area contributed by atoms with Gasteiger partial charge in [0.05, 0.1) is 12.5 Å². The summed E-state index contributed by atoms with van der Waals surface area (Å²) in [5.41, 5.74) is 1.32. The summed E-state index contributed by atoms with van der Waals surface area (Å²) >= 11 is 0. The van der Waals surface area contributed by atoms with Gasteiger partial charge in [0.25, 0.3) is 0 Å². The molecule has 23 heavy (non-hydrogen) atoms. The Kier molecular flexibility index (Phi) is 8.07. The third-order valence-corrected chi connectivity index (χ3v) is 4.21. The molecule has 0 aliphatic carbocycles. The van der Waals surface area contributed by atoms with E-state index in [2.05, 4.69) is 39.8 Å². The highest BCUT2D eigenvalue weighted by Gasteiger charge is 2.25. The summed E-state index contributed by atoms with van der Waals surface area (Å²) in [5.74, 6) is 0.308. The number of nitrogens with zero attached hydrogens (tertiary/aromatic N) is 1. The third kappa shape index (κ3) is 6.69. The normalized spacial score (nSPS) is 18.7. The largest absolute Gasteiger partial charge is 0.383 e. The Bertz CT molecular complexity index is 453. The van der Waals surface area contributed by atoms with Crippen LogP contribution in [0.2, 0.25) is 0 Å². The average Bonchev–Trinajstić information content (AvgIpc) is 2.59. The van der Waals surface area contributed by atoms with Gasteiger partial charge < -0.3 is 15.4 Å². The second-order valence-corrected chi connectivity index (χ2v) is 6.09. The molecule has 1 aromatic carbocycles. The van der Waals surface area contributed by atoms with Crippen molar-refractivity contribution in [1.29, 1.82) is 0 Å². The van der Waals surface area contributed by atoms with E-state index in [9.17, 15) is 4.79 Å². The zero-order valence-corrected chi connectivity index (χ0v) is 14.1. The number of carbonyl (C=O) groups is 1. The summed E-state index contributed by atoms with van der Waals surface area (Å²) in [6, 6.07) is 10.5. The Morgan fingerprint density at radius 1 is 1.26 bits per heavy atom. The van der Waals surface area contributed by atoms with Crippen molar-refractivity contribution in [3.05, 3.63) is 35.9 Å². The van der Waals surface area contributed by atoms with Crippen LogP contribution in [0.25, 0.3) is 0 Å². The van der Waals surface area contributed by atoms with E-state index in [1.807, 2.05) is 6.07 Å². The van der Waals surface area contributed by atoms with Crippen molar-refractivity contribution in [1.82, 2.24) is 15.5 Å². The molecule has 5 nitrogen and oxygen atoms in total. The summed E-state index contributed by atoms with van der Waals surface area (Å²) in [7, 11) is 1.69. The van der Waals surface area contributed by atoms with Crippen LogP contribution in [0.15, 0.2) is 30.3 Å². The smallest absolute Gasteiger partial charge is 0.224 e. The number of hydrogen-bond donors (Lipinski definition) is 2. The number of likely N-dealkylation sites (tertiary alicyclic amines) is 1. The number of methoxy groups -OCH3 is 1. The van der Waals surface area contributed by atoms with Crippen LogP contribution in [0.5, 0.6) is 0 Å². The van der Waals surface area contributed by atoms with E-state index in [4.69, 9.17) is 4.74 Å². The Morgan fingerprint density at radius 3 is 2.87 bits per heavy atom. The number of ether oxygens (including phenoxy) is 1. The van der Waals surface area contributed by atoms with E-state index in [1.54, 1.807) is 7.11 Å². The topological polar surface area (TPSA) is 53.6 Å². The fourth-order valence-electron chi connectivity index (χ4n) is 2.97. The van der Waals surface area contributed by atoms with Crippen molar-refractivity contribution in [3.63, 3.8) is 0 Å². The lowest BCUT2D eigenvalue weighted by molar-refractivity contribution is -0.126.